The first kappa shape index (κ1) is 9.95. The van der Waals surface area contributed by atoms with Gasteiger partial charge in [-0.1, -0.05) is 27.4 Å². The van der Waals surface area contributed by atoms with E-state index in [1.54, 1.807) is 6.20 Å². The first-order valence-electron chi connectivity index (χ1n) is 3.52. The molecule has 2 heteroatoms. The van der Waals surface area contributed by atoms with E-state index < -0.39 is 0 Å². The lowest BCUT2D eigenvalue weighted by atomic mass is 9.99. The lowest BCUT2D eigenvalue weighted by Crippen LogP contribution is -2.05. The van der Waals surface area contributed by atoms with Crippen molar-refractivity contribution in [1.82, 2.24) is 0 Å². The minimum Gasteiger partial charge on any atom is -0.472 e. The summed E-state index contributed by atoms with van der Waals surface area (Å²) in [6, 6.07) is 0. The SMILES string of the molecule is C=CO/C=C\N=CC(C)(C)C. The lowest BCUT2D eigenvalue weighted by Gasteiger charge is -2.08. The molecule has 0 unspecified atom stereocenters. The Hall–Kier alpha value is -1.05. The molecule has 0 N–H and O–H groups in total. The molecule has 0 radical (unpaired) electrons. The van der Waals surface area contributed by atoms with Crippen LogP contribution in [-0.2, 0) is 4.74 Å². The molecule has 0 spiro atoms. The molecule has 0 saturated carbocycles. The molecular weight excluding hydrogens is 138 g/mol. The molecule has 0 aliphatic rings. The first-order valence-corrected chi connectivity index (χ1v) is 3.52. The van der Waals surface area contributed by atoms with Crippen molar-refractivity contribution >= 4 is 6.21 Å². The van der Waals surface area contributed by atoms with E-state index in [0.29, 0.717) is 0 Å². The molecule has 0 rings (SSSR count). The summed E-state index contributed by atoms with van der Waals surface area (Å²) >= 11 is 0. The molecule has 0 aliphatic carbocycles. The van der Waals surface area contributed by atoms with Gasteiger partial charge in [-0.15, -0.1) is 0 Å². The van der Waals surface area contributed by atoms with Gasteiger partial charge >= 0.3 is 0 Å². The Morgan fingerprint density at radius 2 is 2.00 bits per heavy atom. The van der Waals surface area contributed by atoms with Crippen LogP contribution in [0.2, 0.25) is 0 Å². The van der Waals surface area contributed by atoms with E-state index in [1.165, 1.54) is 12.5 Å². The van der Waals surface area contributed by atoms with Gasteiger partial charge in [0.05, 0.1) is 12.5 Å². The third-order valence-corrected chi connectivity index (χ3v) is 0.784. The quantitative estimate of drug-likeness (QED) is 0.451. The summed E-state index contributed by atoms with van der Waals surface area (Å²) in [5, 5.41) is 0. The molecular formula is C9H15NO. The molecule has 0 heterocycles. The average Bonchev–Trinajstić information content (AvgIpc) is 1.85. The third kappa shape index (κ3) is 8.95. The maximum atomic E-state index is 4.72. The van der Waals surface area contributed by atoms with Crippen LogP contribution in [0.3, 0.4) is 0 Å². The van der Waals surface area contributed by atoms with E-state index in [2.05, 4.69) is 32.3 Å². The van der Waals surface area contributed by atoms with Crippen molar-refractivity contribution in [3.63, 3.8) is 0 Å². The summed E-state index contributed by atoms with van der Waals surface area (Å²) in [4.78, 5) is 4.00. The summed E-state index contributed by atoms with van der Waals surface area (Å²) in [6.45, 7) is 9.63. The second-order valence-corrected chi connectivity index (χ2v) is 3.23. The second kappa shape index (κ2) is 4.72. The van der Waals surface area contributed by atoms with Gasteiger partial charge in [0, 0.05) is 6.21 Å². The molecule has 0 amide bonds. The second-order valence-electron chi connectivity index (χ2n) is 3.23. The largest absolute Gasteiger partial charge is 0.472 e. The first-order chi connectivity index (χ1) is 5.06. The fourth-order valence-electron chi connectivity index (χ4n) is 0.392. The summed E-state index contributed by atoms with van der Waals surface area (Å²) in [7, 11) is 0. The molecule has 62 valence electrons. The summed E-state index contributed by atoms with van der Waals surface area (Å²) < 4.78 is 4.72. The average molecular weight is 153 g/mol. The van der Waals surface area contributed by atoms with Gasteiger partial charge < -0.3 is 4.74 Å². The maximum Gasteiger partial charge on any atom is 0.108 e. The number of hydrogen-bond donors (Lipinski definition) is 0. The van der Waals surface area contributed by atoms with Gasteiger partial charge in [-0.2, -0.15) is 0 Å². The molecule has 0 aromatic rings. The van der Waals surface area contributed by atoms with Crippen LogP contribution < -0.4 is 0 Å². The van der Waals surface area contributed by atoms with Crippen molar-refractivity contribution in [1.29, 1.82) is 0 Å². The Kier molecular flexibility index (Phi) is 4.27. The van der Waals surface area contributed by atoms with Crippen molar-refractivity contribution < 1.29 is 4.74 Å². The molecule has 0 bridgehead atoms. The highest BCUT2D eigenvalue weighted by molar-refractivity contribution is 5.64. The van der Waals surface area contributed by atoms with Crippen LogP contribution in [0.15, 0.2) is 30.3 Å². The Bertz CT molecular complexity index is 163. The van der Waals surface area contributed by atoms with Crippen LogP contribution in [0, 0.1) is 5.41 Å². The predicted molar refractivity (Wildman–Crippen MR) is 48.4 cm³/mol. The zero-order valence-corrected chi connectivity index (χ0v) is 7.37. The Morgan fingerprint density at radius 3 is 2.45 bits per heavy atom. The van der Waals surface area contributed by atoms with Crippen LogP contribution in [-0.4, -0.2) is 6.21 Å². The van der Waals surface area contributed by atoms with Gasteiger partial charge in [-0.05, 0) is 5.41 Å². The minimum absolute atomic E-state index is 0.124. The van der Waals surface area contributed by atoms with Crippen molar-refractivity contribution in [3.05, 3.63) is 25.3 Å². The molecule has 2 nitrogen and oxygen atoms in total. The highest BCUT2D eigenvalue weighted by Crippen LogP contribution is 2.07. The number of hydrogen-bond acceptors (Lipinski definition) is 2. The molecule has 0 aliphatic heterocycles. The number of nitrogens with zero attached hydrogens (tertiary/aromatic N) is 1. The van der Waals surface area contributed by atoms with E-state index in [4.69, 9.17) is 4.74 Å². The number of ether oxygens (including phenoxy) is 1. The molecule has 0 aromatic carbocycles. The van der Waals surface area contributed by atoms with E-state index in [-0.39, 0.29) is 5.41 Å². The van der Waals surface area contributed by atoms with Gasteiger partial charge in [0.1, 0.15) is 6.26 Å². The fourth-order valence-corrected chi connectivity index (χ4v) is 0.392. The molecule has 0 aromatic heterocycles. The smallest absolute Gasteiger partial charge is 0.108 e. The third-order valence-electron chi connectivity index (χ3n) is 0.784. The number of rotatable bonds is 3. The highest BCUT2D eigenvalue weighted by atomic mass is 16.5. The summed E-state index contributed by atoms with van der Waals surface area (Å²) in [6.07, 6.45) is 6.28. The van der Waals surface area contributed by atoms with E-state index in [1.807, 2.05) is 6.21 Å². The zero-order valence-electron chi connectivity index (χ0n) is 7.37. The van der Waals surface area contributed by atoms with Gasteiger partial charge in [0.15, 0.2) is 0 Å². The molecule has 0 atom stereocenters. The Morgan fingerprint density at radius 1 is 1.36 bits per heavy atom. The van der Waals surface area contributed by atoms with Crippen LogP contribution in [0.5, 0.6) is 0 Å². The maximum absolute atomic E-state index is 4.72. The standard InChI is InChI=1S/C9H15NO/c1-5-11-7-6-10-8-9(2,3)4/h5-8H,1H2,2-4H3/b7-6-,10-8?. The zero-order chi connectivity index (χ0) is 8.74. The summed E-state index contributed by atoms with van der Waals surface area (Å²) in [5.41, 5.74) is 0.124. The Labute approximate surface area is 68.3 Å². The van der Waals surface area contributed by atoms with Gasteiger partial charge in [-0.3, -0.25) is 4.99 Å². The molecule has 0 saturated heterocycles. The Balaban J connectivity index is 3.68. The molecule has 0 fully saturated rings. The van der Waals surface area contributed by atoms with Gasteiger partial charge in [-0.25, -0.2) is 0 Å². The number of aliphatic imine (C=N–C) groups is 1. The van der Waals surface area contributed by atoms with Crippen LogP contribution in [0.4, 0.5) is 0 Å². The minimum atomic E-state index is 0.124. The van der Waals surface area contributed by atoms with Crippen LogP contribution in [0.1, 0.15) is 20.8 Å². The predicted octanol–water partition coefficient (Wildman–Crippen LogP) is 2.73. The normalized spacial score (nSPS) is 12.6. The van der Waals surface area contributed by atoms with Crippen molar-refractivity contribution in [2.75, 3.05) is 0 Å². The van der Waals surface area contributed by atoms with Crippen LogP contribution >= 0.6 is 0 Å². The van der Waals surface area contributed by atoms with Crippen molar-refractivity contribution in [2.24, 2.45) is 10.4 Å². The summed E-state index contributed by atoms with van der Waals surface area (Å²) in [5.74, 6) is 0. The van der Waals surface area contributed by atoms with E-state index >= 15 is 0 Å². The topological polar surface area (TPSA) is 21.6 Å². The molecule has 11 heavy (non-hydrogen) atoms. The monoisotopic (exact) mass is 153 g/mol. The highest BCUT2D eigenvalue weighted by Gasteiger charge is 2.03. The lowest BCUT2D eigenvalue weighted by molar-refractivity contribution is 0.403. The van der Waals surface area contributed by atoms with Gasteiger partial charge in [0.2, 0.25) is 0 Å². The van der Waals surface area contributed by atoms with Crippen LogP contribution in [0.25, 0.3) is 0 Å². The van der Waals surface area contributed by atoms with Gasteiger partial charge in [0.25, 0.3) is 0 Å². The van der Waals surface area contributed by atoms with E-state index in [0.717, 1.165) is 0 Å². The van der Waals surface area contributed by atoms with Crippen molar-refractivity contribution in [3.8, 4) is 0 Å². The fraction of sp³-hybridized carbons (Fsp3) is 0.444. The van der Waals surface area contributed by atoms with Crippen molar-refractivity contribution in [2.45, 2.75) is 20.8 Å². The van der Waals surface area contributed by atoms with E-state index in [9.17, 15) is 0 Å².